The molecule has 0 saturated carbocycles. The van der Waals surface area contributed by atoms with Crippen LogP contribution in [0.5, 0.6) is 5.75 Å². The highest BCUT2D eigenvalue weighted by Gasteiger charge is 2.24. The van der Waals surface area contributed by atoms with Gasteiger partial charge in [-0.3, -0.25) is 4.79 Å². The number of rotatable bonds is 6. The Balaban J connectivity index is 1.47. The van der Waals surface area contributed by atoms with E-state index >= 15 is 0 Å². The zero-order valence-corrected chi connectivity index (χ0v) is 17.2. The van der Waals surface area contributed by atoms with Gasteiger partial charge < -0.3 is 14.2 Å². The van der Waals surface area contributed by atoms with Crippen molar-refractivity contribution in [3.8, 4) is 5.75 Å². The molecule has 1 aromatic carbocycles. The molecule has 3 rings (SSSR count). The molecule has 5 nitrogen and oxygen atoms in total. The zero-order valence-electron chi connectivity index (χ0n) is 15.7. The van der Waals surface area contributed by atoms with Gasteiger partial charge in [-0.25, -0.2) is 4.98 Å². The van der Waals surface area contributed by atoms with Crippen LogP contribution in [0, 0.1) is 5.92 Å². The fourth-order valence-corrected chi connectivity index (χ4v) is 3.91. The first kappa shape index (κ1) is 20.0. The van der Waals surface area contributed by atoms with Gasteiger partial charge in [0, 0.05) is 43.0 Å². The van der Waals surface area contributed by atoms with E-state index in [1.165, 1.54) is 0 Å². The fraction of sp³-hybridized carbons (Fsp3) is 0.500. The maximum absolute atomic E-state index is 12.4. The molecule has 0 radical (unpaired) electrons. The molecule has 1 amide bonds. The Hall–Kier alpha value is -1.72. The molecule has 27 heavy (non-hydrogen) atoms. The lowest BCUT2D eigenvalue weighted by Gasteiger charge is -2.32. The molecule has 7 heteroatoms. The molecule has 0 atom stereocenters. The minimum Gasteiger partial charge on any atom is -0.482 e. The van der Waals surface area contributed by atoms with E-state index in [2.05, 4.69) is 29.6 Å². The molecule has 1 fully saturated rings. The lowest BCUT2D eigenvalue weighted by Crippen LogP contribution is -2.41. The van der Waals surface area contributed by atoms with Crippen LogP contribution in [0.3, 0.4) is 0 Å². The third-order valence-electron chi connectivity index (χ3n) is 4.93. The first-order chi connectivity index (χ1) is 12.9. The topological polar surface area (TPSA) is 47.4 Å². The average Bonchev–Trinajstić information content (AvgIpc) is 3.10. The number of halogens is 2. The molecular formula is C20H25Cl2N3O2. The summed E-state index contributed by atoms with van der Waals surface area (Å²) in [6.07, 6.45) is 5.90. The van der Waals surface area contributed by atoms with Gasteiger partial charge in [-0.05, 0) is 37.0 Å². The van der Waals surface area contributed by atoms with Gasteiger partial charge in [0.1, 0.15) is 11.6 Å². The third kappa shape index (κ3) is 5.17. The Bertz CT molecular complexity index is 783. The van der Waals surface area contributed by atoms with E-state index < -0.39 is 0 Å². The van der Waals surface area contributed by atoms with Crippen LogP contribution in [0.1, 0.15) is 38.4 Å². The highest BCUT2D eigenvalue weighted by atomic mass is 35.5. The van der Waals surface area contributed by atoms with Gasteiger partial charge in [-0.15, -0.1) is 0 Å². The highest BCUT2D eigenvalue weighted by molar-refractivity contribution is 6.35. The largest absolute Gasteiger partial charge is 0.482 e. The van der Waals surface area contributed by atoms with Crippen molar-refractivity contribution in [1.29, 1.82) is 0 Å². The number of nitrogens with zero attached hydrogens (tertiary/aromatic N) is 3. The molecule has 1 aromatic heterocycles. The molecule has 1 aliphatic rings. The van der Waals surface area contributed by atoms with Crippen molar-refractivity contribution in [2.75, 3.05) is 19.7 Å². The number of imidazole rings is 1. The fourth-order valence-electron chi connectivity index (χ4n) is 3.44. The number of hydrogen-bond donors (Lipinski definition) is 0. The summed E-state index contributed by atoms with van der Waals surface area (Å²) in [5.41, 5.74) is 0. The number of ether oxygens (including phenoxy) is 1. The van der Waals surface area contributed by atoms with Crippen LogP contribution in [0.25, 0.3) is 0 Å². The Kier molecular flexibility index (Phi) is 6.66. The summed E-state index contributed by atoms with van der Waals surface area (Å²) in [5, 5.41) is 0.953. The van der Waals surface area contributed by atoms with Gasteiger partial charge in [0.2, 0.25) is 0 Å². The number of carbonyl (C=O) groups excluding carboxylic acids is 1. The molecule has 0 spiro atoms. The number of piperidine rings is 1. The molecule has 1 aliphatic heterocycles. The first-order valence-corrected chi connectivity index (χ1v) is 10.1. The smallest absolute Gasteiger partial charge is 0.260 e. The molecule has 0 aliphatic carbocycles. The second kappa shape index (κ2) is 8.98. The molecule has 2 aromatic rings. The number of benzene rings is 1. The monoisotopic (exact) mass is 409 g/mol. The number of likely N-dealkylation sites (tertiary alicyclic amines) is 1. The van der Waals surface area contributed by atoms with Crippen LogP contribution >= 0.6 is 23.2 Å². The first-order valence-electron chi connectivity index (χ1n) is 9.30. The van der Waals surface area contributed by atoms with Gasteiger partial charge in [0.25, 0.3) is 5.91 Å². The molecule has 0 unspecified atom stereocenters. The van der Waals surface area contributed by atoms with Crippen molar-refractivity contribution in [3.63, 3.8) is 0 Å². The summed E-state index contributed by atoms with van der Waals surface area (Å²) in [6, 6.07) is 4.98. The van der Waals surface area contributed by atoms with E-state index in [4.69, 9.17) is 27.9 Å². The summed E-state index contributed by atoms with van der Waals surface area (Å²) in [5.74, 6) is 2.57. The van der Waals surface area contributed by atoms with Crippen LogP contribution < -0.4 is 4.74 Å². The van der Waals surface area contributed by atoms with E-state index in [9.17, 15) is 4.79 Å². The standard InChI is InChI=1S/C20H25Cl2N3O2/c1-14(2)20-23-7-10-25(20)12-15-5-8-24(9-6-15)19(26)13-27-18-4-3-16(21)11-17(18)22/h3-4,7,10-11,14-15H,5-6,8-9,12-13H2,1-2H3. The predicted octanol–water partition coefficient (Wildman–Crippen LogP) is 4.63. The van der Waals surface area contributed by atoms with Crippen LogP contribution in [0.15, 0.2) is 30.6 Å². The van der Waals surface area contributed by atoms with Gasteiger partial charge in [0.15, 0.2) is 6.61 Å². The SMILES string of the molecule is CC(C)c1nccn1CC1CCN(C(=O)COc2ccc(Cl)cc2Cl)CC1. The molecular weight excluding hydrogens is 385 g/mol. The Morgan fingerprint density at radius 2 is 2.04 bits per heavy atom. The average molecular weight is 410 g/mol. The van der Waals surface area contributed by atoms with Gasteiger partial charge in [-0.2, -0.15) is 0 Å². The van der Waals surface area contributed by atoms with Crippen molar-refractivity contribution >= 4 is 29.1 Å². The van der Waals surface area contributed by atoms with Gasteiger partial charge in [-0.1, -0.05) is 37.0 Å². The summed E-state index contributed by atoms with van der Waals surface area (Å²) in [6.45, 7) is 6.79. The minimum atomic E-state index is -0.00929. The quantitative estimate of drug-likeness (QED) is 0.698. The van der Waals surface area contributed by atoms with Gasteiger partial charge in [0.05, 0.1) is 5.02 Å². The zero-order chi connectivity index (χ0) is 19.4. The van der Waals surface area contributed by atoms with Crippen molar-refractivity contribution in [1.82, 2.24) is 14.5 Å². The normalized spacial score (nSPS) is 15.4. The number of hydrogen-bond acceptors (Lipinski definition) is 3. The van der Waals surface area contributed by atoms with Crippen molar-refractivity contribution < 1.29 is 9.53 Å². The summed E-state index contributed by atoms with van der Waals surface area (Å²) >= 11 is 12.0. The Labute approximate surface area is 170 Å². The molecule has 0 bridgehead atoms. The van der Waals surface area contributed by atoms with Crippen LogP contribution in [-0.2, 0) is 11.3 Å². The van der Waals surface area contributed by atoms with Crippen LogP contribution in [-0.4, -0.2) is 40.1 Å². The lowest BCUT2D eigenvalue weighted by molar-refractivity contribution is -0.134. The van der Waals surface area contributed by atoms with E-state index in [-0.39, 0.29) is 12.5 Å². The number of amides is 1. The summed E-state index contributed by atoms with van der Waals surface area (Å²) in [4.78, 5) is 18.8. The number of aromatic nitrogens is 2. The molecule has 1 saturated heterocycles. The lowest BCUT2D eigenvalue weighted by atomic mass is 9.96. The van der Waals surface area contributed by atoms with E-state index in [1.54, 1.807) is 18.2 Å². The molecule has 0 N–H and O–H groups in total. The number of carbonyl (C=O) groups is 1. The Morgan fingerprint density at radius 3 is 2.70 bits per heavy atom. The van der Waals surface area contributed by atoms with E-state index in [0.29, 0.717) is 27.6 Å². The van der Waals surface area contributed by atoms with Crippen LogP contribution in [0.4, 0.5) is 0 Å². The maximum atomic E-state index is 12.4. The molecule has 2 heterocycles. The van der Waals surface area contributed by atoms with E-state index in [1.807, 2.05) is 11.1 Å². The summed E-state index contributed by atoms with van der Waals surface area (Å²) < 4.78 is 7.82. The van der Waals surface area contributed by atoms with Crippen LogP contribution in [0.2, 0.25) is 10.0 Å². The van der Waals surface area contributed by atoms with Crippen molar-refractivity contribution in [3.05, 3.63) is 46.5 Å². The predicted molar refractivity (Wildman–Crippen MR) is 108 cm³/mol. The van der Waals surface area contributed by atoms with E-state index in [0.717, 1.165) is 38.3 Å². The maximum Gasteiger partial charge on any atom is 0.260 e. The minimum absolute atomic E-state index is 0.00889. The van der Waals surface area contributed by atoms with Crippen molar-refractivity contribution in [2.45, 2.75) is 39.2 Å². The second-order valence-electron chi connectivity index (χ2n) is 7.28. The third-order valence-corrected chi connectivity index (χ3v) is 5.46. The summed E-state index contributed by atoms with van der Waals surface area (Å²) in [7, 11) is 0. The van der Waals surface area contributed by atoms with Crippen molar-refractivity contribution in [2.24, 2.45) is 5.92 Å². The molecule has 146 valence electrons. The second-order valence-corrected chi connectivity index (χ2v) is 8.12. The Morgan fingerprint density at radius 1 is 1.30 bits per heavy atom. The van der Waals surface area contributed by atoms with Gasteiger partial charge >= 0.3 is 0 Å². The highest BCUT2D eigenvalue weighted by Crippen LogP contribution is 2.28.